The van der Waals surface area contributed by atoms with Gasteiger partial charge in [0.05, 0.1) is 12.0 Å². The Labute approximate surface area is 109 Å². The van der Waals surface area contributed by atoms with E-state index in [0.717, 1.165) is 12.8 Å². The second kappa shape index (κ2) is 5.55. The van der Waals surface area contributed by atoms with Crippen molar-refractivity contribution in [2.24, 2.45) is 0 Å². The van der Waals surface area contributed by atoms with E-state index in [4.69, 9.17) is 4.74 Å². The van der Waals surface area contributed by atoms with Crippen LogP contribution in [0.5, 0.6) is 5.75 Å². The summed E-state index contributed by atoms with van der Waals surface area (Å²) >= 11 is 0. The van der Waals surface area contributed by atoms with Gasteiger partial charge < -0.3 is 14.8 Å². The molecule has 7 nitrogen and oxygen atoms in total. The van der Waals surface area contributed by atoms with E-state index in [1.807, 2.05) is 0 Å². The van der Waals surface area contributed by atoms with Gasteiger partial charge in [0.2, 0.25) is 0 Å². The zero-order chi connectivity index (χ0) is 13.8. The molecule has 0 unspecified atom stereocenters. The molecule has 0 aliphatic heterocycles. The van der Waals surface area contributed by atoms with Crippen molar-refractivity contribution in [3.05, 3.63) is 28.3 Å². The Morgan fingerprint density at radius 1 is 1.53 bits per heavy atom. The monoisotopic (exact) mass is 266 g/mol. The average molecular weight is 266 g/mol. The topological polar surface area (TPSA) is 90.7 Å². The lowest BCUT2D eigenvalue weighted by atomic mass is 10.2. The molecule has 0 heterocycles. The fourth-order valence-corrected chi connectivity index (χ4v) is 1.53. The number of nitro groups is 1. The predicted octanol–water partition coefficient (Wildman–Crippen LogP) is 1.72. The zero-order valence-electron chi connectivity index (χ0n) is 10.4. The number of esters is 1. The summed E-state index contributed by atoms with van der Waals surface area (Å²) in [5.74, 6) is -0.536. The largest absolute Gasteiger partial charge is 0.475 e. The molecule has 0 saturated heterocycles. The van der Waals surface area contributed by atoms with E-state index in [2.05, 4.69) is 10.1 Å². The number of nitrogens with one attached hydrogen (secondary N) is 1. The van der Waals surface area contributed by atoms with Crippen LogP contribution in [0.15, 0.2) is 18.2 Å². The van der Waals surface area contributed by atoms with Crippen molar-refractivity contribution in [1.82, 2.24) is 0 Å². The SMILES string of the molecule is COC(=O)COc1ccc(NC2CC2)cc1[N+](=O)[O-]. The van der Waals surface area contributed by atoms with Gasteiger partial charge in [0.1, 0.15) is 0 Å². The Morgan fingerprint density at radius 3 is 2.84 bits per heavy atom. The quantitative estimate of drug-likeness (QED) is 0.479. The number of carbonyl (C=O) groups excluding carboxylic acids is 1. The summed E-state index contributed by atoms with van der Waals surface area (Å²) in [7, 11) is 1.22. The number of ether oxygens (including phenoxy) is 2. The number of nitrogens with zero attached hydrogens (tertiary/aromatic N) is 1. The van der Waals surface area contributed by atoms with Gasteiger partial charge in [0, 0.05) is 17.8 Å². The lowest BCUT2D eigenvalue weighted by molar-refractivity contribution is -0.385. The van der Waals surface area contributed by atoms with E-state index in [1.165, 1.54) is 19.2 Å². The first-order valence-electron chi connectivity index (χ1n) is 5.84. The van der Waals surface area contributed by atoms with Crippen LogP contribution in [0, 0.1) is 10.1 Å². The lowest BCUT2D eigenvalue weighted by Crippen LogP contribution is -2.13. The van der Waals surface area contributed by atoms with Crippen LogP contribution in [0.25, 0.3) is 0 Å². The summed E-state index contributed by atoms with van der Waals surface area (Å²) in [6.07, 6.45) is 2.16. The van der Waals surface area contributed by atoms with Crippen molar-refractivity contribution >= 4 is 17.3 Å². The molecule has 1 aliphatic rings. The van der Waals surface area contributed by atoms with Crippen LogP contribution in [-0.2, 0) is 9.53 Å². The van der Waals surface area contributed by atoms with Gasteiger partial charge >= 0.3 is 11.7 Å². The first-order chi connectivity index (χ1) is 9.10. The minimum Gasteiger partial charge on any atom is -0.475 e. The number of hydrogen-bond donors (Lipinski definition) is 1. The first-order valence-corrected chi connectivity index (χ1v) is 5.84. The van der Waals surface area contributed by atoms with Crippen LogP contribution in [0.2, 0.25) is 0 Å². The number of benzene rings is 1. The molecule has 1 saturated carbocycles. The summed E-state index contributed by atoms with van der Waals surface area (Å²) in [5, 5.41) is 14.1. The summed E-state index contributed by atoms with van der Waals surface area (Å²) in [4.78, 5) is 21.4. The molecule has 0 radical (unpaired) electrons. The summed E-state index contributed by atoms with van der Waals surface area (Å²) < 4.78 is 9.49. The van der Waals surface area contributed by atoms with Crippen LogP contribution >= 0.6 is 0 Å². The maximum absolute atomic E-state index is 11.0. The summed E-state index contributed by atoms with van der Waals surface area (Å²) in [6, 6.07) is 4.98. The van der Waals surface area contributed by atoms with Gasteiger partial charge in [-0.1, -0.05) is 0 Å². The maximum atomic E-state index is 11.0. The van der Waals surface area contributed by atoms with Crippen LogP contribution in [-0.4, -0.2) is 30.7 Å². The van der Waals surface area contributed by atoms with Gasteiger partial charge in [-0.15, -0.1) is 0 Å². The first kappa shape index (κ1) is 13.1. The van der Waals surface area contributed by atoms with Gasteiger partial charge in [0.15, 0.2) is 12.4 Å². The zero-order valence-corrected chi connectivity index (χ0v) is 10.4. The maximum Gasteiger partial charge on any atom is 0.343 e. The van der Waals surface area contributed by atoms with Crippen LogP contribution in [0.4, 0.5) is 11.4 Å². The van der Waals surface area contributed by atoms with Crippen molar-refractivity contribution in [1.29, 1.82) is 0 Å². The second-order valence-electron chi connectivity index (χ2n) is 4.22. The van der Waals surface area contributed by atoms with Crippen molar-refractivity contribution in [3.8, 4) is 5.75 Å². The van der Waals surface area contributed by atoms with Gasteiger partial charge in [-0.05, 0) is 25.0 Å². The Hall–Kier alpha value is -2.31. The highest BCUT2D eigenvalue weighted by atomic mass is 16.6. The van der Waals surface area contributed by atoms with Crippen molar-refractivity contribution in [3.63, 3.8) is 0 Å². The van der Waals surface area contributed by atoms with Crippen LogP contribution in [0.3, 0.4) is 0 Å². The van der Waals surface area contributed by atoms with Crippen molar-refractivity contribution in [2.45, 2.75) is 18.9 Å². The third-order valence-electron chi connectivity index (χ3n) is 2.68. The molecule has 1 aliphatic carbocycles. The third kappa shape index (κ3) is 3.57. The van der Waals surface area contributed by atoms with E-state index in [-0.39, 0.29) is 18.0 Å². The fraction of sp³-hybridized carbons (Fsp3) is 0.417. The highest BCUT2D eigenvalue weighted by Crippen LogP contribution is 2.32. The van der Waals surface area contributed by atoms with E-state index < -0.39 is 10.9 Å². The second-order valence-corrected chi connectivity index (χ2v) is 4.22. The van der Waals surface area contributed by atoms with Gasteiger partial charge in [0.25, 0.3) is 0 Å². The standard InChI is InChI=1S/C12H14N2O5/c1-18-12(15)7-19-11-5-4-9(13-8-2-3-8)6-10(11)14(16)17/h4-6,8,13H,2-3,7H2,1H3. The minimum absolute atomic E-state index is 0.0525. The van der Waals surface area contributed by atoms with E-state index in [1.54, 1.807) is 6.07 Å². The van der Waals surface area contributed by atoms with Gasteiger partial charge in [-0.3, -0.25) is 10.1 Å². The Morgan fingerprint density at radius 2 is 2.26 bits per heavy atom. The molecule has 2 rings (SSSR count). The molecule has 102 valence electrons. The molecule has 1 fully saturated rings. The molecule has 0 amide bonds. The third-order valence-corrected chi connectivity index (χ3v) is 2.68. The Kier molecular flexibility index (Phi) is 3.84. The normalized spacial score (nSPS) is 13.7. The fourth-order valence-electron chi connectivity index (χ4n) is 1.53. The molecule has 0 atom stereocenters. The number of rotatable bonds is 6. The predicted molar refractivity (Wildman–Crippen MR) is 67.3 cm³/mol. The molecule has 1 aromatic rings. The summed E-state index contributed by atoms with van der Waals surface area (Å²) in [6.45, 7) is -0.354. The summed E-state index contributed by atoms with van der Waals surface area (Å²) in [5.41, 5.74) is 0.508. The molecule has 1 aromatic carbocycles. The Balaban J connectivity index is 2.12. The van der Waals surface area contributed by atoms with Gasteiger partial charge in [-0.25, -0.2) is 4.79 Å². The minimum atomic E-state index is -0.588. The van der Waals surface area contributed by atoms with E-state index in [0.29, 0.717) is 11.7 Å². The molecular weight excluding hydrogens is 252 g/mol. The number of anilines is 1. The number of carbonyl (C=O) groups is 1. The highest BCUT2D eigenvalue weighted by Gasteiger charge is 2.23. The van der Waals surface area contributed by atoms with Crippen LogP contribution < -0.4 is 10.1 Å². The molecule has 7 heteroatoms. The molecule has 1 N–H and O–H groups in total. The number of methoxy groups -OCH3 is 1. The molecule has 19 heavy (non-hydrogen) atoms. The number of hydrogen-bond acceptors (Lipinski definition) is 6. The molecule has 0 spiro atoms. The number of nitro benzene ring substituents is 1. The van der Waals surface area contributed by atoms with E-state index in [9.17, 15) is 14.9 Å². The molecule has 0 bridgehead atoms. The van der Waals surface area contributed by atoms with Crippen molar-refractivity contribution in [2.75, 3.05) is 19.0 Å². The van der Waals surface area contributed by atoms with E-state index >= 15 is 0 Å². The lowest BCUT2D eigenvalue weighted by Gasteiger charge is -2.08. The van der Waals surface area contributed by atoms with Crippen molar-refractivity contribution < 1.29 is 19.2 Å². The smallest absolute Gasteiger partial charge is 0.343 e. The highest BCUT2D eigenvalue weighted by molar-refractivity contribution is 5.71. The Bertz CT molecular complexity index is 499. The average Bonchev–Trinajstić information content (AvgIpc) is 3.20. The van der Waals surface area contributed by atoms with Crippen LogP contribution in [0.1, 0.15) is 12.8 Å². The molecular formula is C12H14N2O5. The molecule has 0 aromatic heterocycles. The van der Waals surface area contributed by atoms with Gasteiger partial charge in [-0.2, -0.15) is 0 Å².